The molecule has 27 heavy (non-hydrogen) atoms. The number of hydrogen-bond donors (Lipinski definition) is 1. The summed E-state index contributed by atoms with van der Waals surface area (Å²) in [5.41, 5.74) is 1.11. The molecule has 0 atom stereocenters. The first kappa shape index (κ1) is 19.4. The number of hydrogen-bond acceptors (Lipinski definition) is 5. The van der Waals surface area contributed by atoms with Crippen LogP contribution in [-0.4, -0.2) is 67.5 Å². The molecule has 144 valence electrons. The maximum Gasteiger partial charge on any atom is 0.261 e. The minimum absolute atomic E-state index is 0.0159. The monoisotopic (exact) mass is 387 g/mol. The maximum absolute atomic E-state index is 12.3. The highest BCUT2D eigenvalue weighted by Gasteiger charge is 2.21. The SMILES string of the molecule is Cc1cccc(OCC(=O)N2CCN(CCNC(=O)c3cccs3)CC2)c1. The Balaban J connectivity index is 1.33. The van der Waals surface area contributed by atoms with E-state index in [2.05, 4.69) is 10.2 Å². The van der Waals surface area contributed by atoms with E-state index in [0.717, 1.165) is 35.8 Å². The molecule has 0 bridgehead atoms. The average Bonchev–Trinajstić information content (AvgIpc) is 3.21. The molecule has 1 aromatic heterocycles. The molecule has 1 fully saturated rings. The van der Waals surface area contributed by atoms with Gasteiger partial charge in [0.2, 0.25) is 0 Å². The molecule has 0 unspecified atom stereocenters. The first-order valence-electron chi connectivity index (χ1n) is 9.13. The van der Waals surface area contributed by atoms with Gasteiger partial charge in [0.05, 0.1) is 4.88 Å². The summed E-state index contributed by atoms with van der Waals surface area (Å²) in [6, 6.07) is 11.4. The van der Waals surface area contributed by atoms with Gasteiger partial charge in [-0.2, -0.15) is 0 Å². The van der Waals surface area contributed by atoms with Gasteiger partial charge in [0, 0.05) is 39.3 Å². The van der Waals surface area contributed by atoms with Crippen molar-refractivity contribution in [3.05, 3.63) is 52.2 Å². The van der Waals surface area contributed by atoms with Gasteiger partial charge in [-0.15, -0.1) is 11.3 Å². The molecule has 6 nitrogen and oxygen atoms in total. The molecule has 2 aromatic rings. The van der Waals surface area contributed by atoms with E-state index in [4.69, 9.17) is 4.74 Å². The van der Waals surface area contributed by atoms with E-state index in [1.807, 2.05) is 53.6 Å². The van der Waals surface area contributed by atoms with Crippen molar-refractivity contribution in [1.29, 1.82) is 0 Å². The summed E-state index contributed by atoms with van der Waals surface area (Å²) < 4.78 is 5.60. The summed E-state index contributed by atoms with van der Waals surface area (Å²) >= 11 is 1.44. The van der Waals surface area contributed by atoms with Crippen molar-refractivity contribution < 1.29 is 14.3 Å². The van der Waals surface area contributed by atoms with Gasteiger partial charge in [-0.25, -0.2) is 0 Å². The van der Waals surface area contributed by atoms with Gasteiger partial charge < -0.3 is 15.0 Å². The van der Waals surface area contributed by atoms with E-state index in [1.165, 1.54) is 11.3 Å². The van der Waals surface area contributed by atoms with Crippen LogP contribution >= 0.6 is 11.3 Å². The third kappa shape index (κ3) is 5.80. The van der Waals surface area contributed by atoms with Crippen molar-refractivity contribution in [2.45, 2.75) is 6.92 Å². The third-order valence-electron chi connectivity index (χ3n) is 4.54. The van der Waals surface area contributed by atoms with Crippen molar-refractivity contribution in [2.24, 2.45) is 0 Å². The zero-order valence-corrected chi connectivity index (χ0v) is 16.3. The Bertz CT molecular complexity index is 756. The molecule has 0 aliphatic carbocycles. The molecule has 2 heterocycles. The van der Waals surface area contributed by atoms with Crippen LogP contribution in [0.2, 0.25) is 0 Å². The molecule has 1 aromatic carbocycles. The second-order valence-electron chi connectivity index (χ2n) is 6.56. The lowest BCUT2D eigenvalue weighted by Gasteiger charge is -2.34. The summed E-state index contributed by atoms with van der Waals surface area (Å²) in [6.07, 6.45) is 0. The first-order chi connectivity index (χ1) is 13.1. The number of benzene rings is 1. The minimum Gasteiger partial charge on any atom is -0.484 e. The number of nitrogens with zero attached hydrogens (tertiary/aromatic N) is 2. The second kappa shape index (κ2) is 9.53. The Labute approximate surface area is 163 Å². The summed E-state index contributed by atoms with van der Waals surface area (Å²) in [5, 5.41) is 4.84. The number of amides is 2. The van der Waals surface area contributed by atoms with E-state index in [0.29, 0.717) is 19.6 Å². The fourth-order valence-electron chi connectivity index (χ4n) is 2.98. The Morgan fingerprint density at radius 2 is 1.96 bits per heavy atom. The predicted molar refractivity (Wildman–Crippen MR) is 106 cm³/mol. The van der Waals surface area contributed by atoms with Gasteiger partial charge in [-0.05, 0) is 36.1 Å². The Kier molecular flexibility index (Phi) is 6.84. The number of nitrogens with one attached hydrogen (secondary N) is 1. The topological polar surface area (TPSA) is 61.9 Å². The Morgan fingerprint density at radius 3 is 2.67 bits per heavy atom. The average molecular weight is 388 g/mol. The molecule has 1 N–H and O–H groups in total. The minimum atomic E-state index is -0.0212. The molecule has 7 heteroatoms. The summed E-state index contributed by atoms with van der Waals surface area (Å²) in [5.74, 6) is 0.720. The number of piperazine rings is 1. The van der Waals surface area contributed by atoms with Crippen LogP contribution in [0.1, 0.15) is 15.2 Å². The van der Waals surface area contributed by atoms with Gasteiger partial charge >= 0.3 is 0 Å². The molecular weight excluding hydrogens is 362 g/mol. The molecule has 1 aliphatic heterocycles. The van der Waals surface area contributed by atoms with Crippen LogP contribution in [0.25, 0.3) is 0 Å². The van der Waals surface area contributed by atoms with Crippen molar-refractivity contribution in [3.63, 3.8) is 0 Å². The van der Waals surface area contributed by atoms with Crippen molar-refractivity contribution in [2.75, 3.05) is 45.9 Å². The number of thiophene rings is 1. The van der Waals surface area contributed by atoms with Crippen LogP contribution in [0.5, 0.6) is 5.75 Å². The molecule has 1 aliphatic rings. The van der Waals surface area contributed by atoms with E-state index >= 15 is 0 Å². The Hall–Kier alpha value is -2.38. The van der Waals surface area contributed by atoms with E-state index in [9.17, 15) is 9.59 Å². The Morgan fingerprint density at radius 1 is 1.15 bits per heavy atom. The smallest absolute Gasteiger partial charge is 0.261 e. The molecular formula is C20H25N3O3S. The first-order valence-corrected chi connectivity index (χ1v) is 10.0. The molecule has 2 amide bonds. The summed E-state index contributed by atoms with van der Waals surface area (Å²) in [6.45, 7) is 6.47. The zero-order valence-electron chi connectivity index (χ0n) is 15.5. The van der Waals surface area contributed by atoms with Gasteiger partial charge in [0.1, 0.15) is 5.75 Å². The lowest BCUT2D eigenvalue weighted by atomic mass is 10.2. The molecule has 0 spiro atoms. The number of rotatable bonds is 7. The number of carbonyl (C=O) groups is 2. The molecule has 0 radical (unpaired) electrons. The van der Waals surface area contributed by atoms with Crippen LogP contribution < -0.4 is 10.1 Å². The predicted octanol–water partition coefficient (Wildman–Crippen LogP) is 2.01. The van der Waals surface area contributed by atoms with E-state index in [1.54, 1.807) is 0 Å². The van der Waals surface area contributed by atoms with Gasteiger partial charge in [0.25, 0.3) is 11.8 Å². The highest BCUT2D eigenvalue weighted by molar-refractivity contribution is 7.12. The van der Waals surface area contributed by atoms with Gasteiger partial charge in [-0.1, -0.05) is 18.2 Å². The lowest BCUT2D eigenvalue weighted by Crippen LogP contribution is -2.51. The molecule has 1 saturated heterocycles. The van der Waals surface area contributed by atoms with Crippen LogP contribution in [0.15, 0.2) is 41.8 Å². The van der Waals surface area contributed by atoms with Crippen LogP contribution in [-0.2, 0) is 4.79 Å². The largest absolute Gasteiger partial charge is 0.484 e. The van der Waals surface area contributed by atoms with Crippen LogP contribution in [0.3, 0.4) is 0 Å². The van der Waals surface area contributed by atoms with Crippen molar-refractivity contribution in [1.82, 2.24) is 15.1 Å². The number of carbonyl (C=O) groups excluding carboxylic acids is 2. The molecule has 0 saturated carbocycles. The highest BCUT2D eigenvalue weighted by atomic mass is 32.1. The van der Waals surface area contributed by atoms with Crippen LogP contribution in [0.4, 0.5) is 0 Å². The van der Waals surface area contributed by atoms with Gasteiger partial charge in [-0.3, -0.25) is 14.5 Å². The summed E-state index contributed by atoms with van der Waals surface area (Å²) in [7, 11) is 0. The zero-order chi connectivity index (χ0) is 19.1. The standard InChI is InChI=1S/C20H25N3O3S/c1-16-4-2-5-17(14-16)26-15-19(24)23-11-9-22(10-12-23)8-7-21-20(25)18-6-3-13-27-18/h2-6,13-14H,7-12,15H2,1H3,(H,21,25). The van der Waals surface area contributed by atoms with E-state index in [-0.39, 0.29) is 18.4 Å². The highest BCUT2D eigenvalue weighted by Crippen LogP contribution is 2.13. The number of aryl methyl sites for hydroxylation is 1. The number of ether oxygens (including phenoxy) is 1. The van der Waals surface area contributed by atoms with Crippen LogP contribution in [0, 0.1) is 6.92 Å². The fourth-order valence-corrected chi connectivity index (χ4v) is 3.62. The fraction of sp³-hybridized carbons (Fsp3) is 0.400. The normalized spacial score (nSPS) is 14.8. The van der Waals surface area contributed by atoms with Crippen molar-refractivity contribution >= 4 is 23.2 Å². The lowest BCUT2D eigenvalue weighted by molar-refractivity contribution is -0.135. The quantitative estimate of drug-likeness (QED) is 0.790. The van der Waals surface area contributed by atoms with E-state index < -0.39 is 0 Å². The van der Waals surface area contributed by atoms with Gasteiger partial charge in [0.15, 0.2) is 6.61 Å². The molecule has 3 rings (SSSR count). The third-order valence-corrected chi connectivity index (χ3v) is 5.40. The maximum atomic E-state index is 12.3. The summed E-state index contributed by atoms with van der Waals surface area (Å²) in [4.78, 5) is 29.1. The second-order valence-corrected chi connectivity index (χ2v) is 7.51. The van der Waals surface area contributed by atoms with Crippen molar-refractivity contribution in [3.8, 4) is 5.75 Å².